The lowest BCUT2D eigenvalue weighted by atomic mass is 9.70. The van der Waals surface area contributed by atoms with E-state index in [9.17, 15) is 18.0 Å². The zero-order valence-corrected chi connectivity index (χ0v) is 21.6. The first-order valence-corrected chi connectivity index (χ1v) is 13.7. The summed E-state index contributed by atoms with van der Waals surface area (Å²) in [6.07, 6.45) is 5.45. The molecular formula is C30H33F3N2O3. The molecule has 0 bridgehead atoms. The highest BCUT2D eigenvalue weighted by Crippen LogP contribution is 2.49. The Hall–Kier alpha value is -2.87. The first-order valence-electron chi connectivity index (χ1n) is 13.7. The summed E-state index contributed by atoms with van der Waals surface area (Å²) in [6, 6.07) is 6.19. The summed E-state index contributed by atoms with van der Waals surface area (Å²) >= 11 is 0. The first kappa shape index (κ1) is 25.4. The van der Waals surface area contributed by atoms with Gasteiger partial charge in [-0.15, -0.1) is 0 Å². The number of fused-ring (bicyclic) bond motifs is 3. The van der Waals surface area contributed by atoms with E-state index in [4.69, 9.17) is 9.63 Å². The highest BCUT2D eigenvalue weighted by Gasteiger charge is 2.45. The number of hydrogen-bond donors (Lipinski definition) is 1. The Morgan fingerprint density at radius 1 is 1.18 bits per heavy atom. The van der Waals surface area contributed by atoms with Crippen LogP contribution in [0.15, 0.2) is 46.0 Å². The molecule has 1 unspecified atom stereocenters. The number of aryl methyl sites for hydroxylation is 1. The van der Waals surface area contributed by atoms with Crippen LogP contribution in [-0.4, -0.2) is 40.4 Å². The number of carboxylic acids is 1. The van der Waals surface area contributed by atoms with Gasteiger partial charge in [0, 0.05) is 30.8 Å². The molecule has 2 fully saturated rings. The van der Waals surface area contributed by atoms with Gasteiger partial charge in [0.1, 0.15) is 5.69 Å². The molecule has 2 aromatic rings. The van der Waals surface area contributed by atoms with Crippen molar-refractivity contribution in [2.24, 2.45) is 11.8 Å². The van der Waals surface area contributed by atoms with Crippen LogP contribution >= 0.6 is 0 Å². The molecule has 0 amide bonds. The van der Waals surface area contributed by atoms with Gasteiger partial charge in [-0.25, -0.2) is 0 Å². The summed E-state index contributed by atoms with van der Waals surface area (Å²) in [5.41, 5.74) is 3.94. The predicted molar refractivity (Wildman–Crippen MR) is 137 cm³/mol. The molecule has 1 aliphatic heterocycles. The summed E-state index contributed by atoms with van der Waals surface area (Å²) in [5.74, 6) is -0.503. The number of alkyl halides is 3. The van der Waals surface area contributed by atoms with Gasteiger partial charge in [0.2, 0.25) is 0 Å². The molecule has 5 nitrogen and oxygen atoms in total. The molecule has 1 saturated heterocycles. The molecule has 38 heavy (non-hydrogen) atoms. The minimum atomic E-state index is -4.41. The van der Waals surface area contributed by atoms with Crippen molar-refractivity contribution in [2.45, 2.75) is 76.4 Å². The van der Waals surface area contributed by atoms with E-state index in [2.05, 4.69) is 16.1 Å². The van der Waals surface area contributed by atoms with Crippen LogP contribution in [0, 0.1) is 11.8 Å². The van der Waals surface area contributed by atoms with Gasteiger partial charge in [0.15, 0.2) is 5.76 Å². The van der Waals surface area contributed by atoms with E-state index in [0.29, 0.717) is 43.8 Å². The van der Waals surface area contributed by atoms with Crippen LogP contribution < -0.4 is 0 Å². The van der Waals surface area contributed by atoms with Crippen molar-refractivity contribution >= 4 is 5.97 Å². The number of carboxylic acid groups (broad SMARTS) is 1. The quantitative estimate of drug-likeness (QED) is 0.475. The Kier molecular flexibility index (Phi) is 6.29. The fourth-order valence-corrected chi connectivity index (χ4v) is 6.85. The Labute approximate surface area is 220 Å². The van der Waals surface area contributed by atoms with Crippen molar-refractivity contribution in [1.82, 2.24) is 10.1 Å². The molecule has 1 N–H and O–H groups in total. The minimum absolute atomic E-state index is 0.0165. The zero-order valence-electron chi connectivity index (χ0n) is 21.6. The molecule has 8 heteroatoms. The van der Waals surface area contributed by atoms with Crippen molar-refractivity contribution in [3.8, 4) is 11.3 Å². The average molecular weight is 527 g/mol. The van der Waals surface area contributed by atoms with E-state index in [1.165, 1.54) is 6.08 Å². The van der Waals surface area contributed by atoms with Crippen LogP contribution in [0.2, 0.25) is 0 Å². The first-order chi connectivity index (χ1) is 18.1. The summed E-state index contributed by atoms with van der Waals surface area (Å²) in [6.45, 7) is 3.66. The molecule has 2 heterocycles. The Balaban J connectivity index is 1.26. The fourth-order valence-electron chi connectivity index (χ4n) is 6.85. The molecule has 1 saturated carbocycles. The van der Waals surface area contributed by atoms with E-state index < -0.39 is 23.1 Å². The molecule has 1 aromatic carbocycles. The maximum absolute atomic E-state index is 14.3. The van der Waals surface area contributed by atoms with Crippen LogP contribution in [0.25, 0.3) is 11.3 Å². The van der Waals surface area contributed by atoms with Gasteiger partial charge < -0.3 is 9.63 Å². The number of carbonyl (C=O) groups is 1. The van der Waals surface area contributed by atoms with Gasteiger partial charge in [-0.2, -0.15) is 13.2 Å². The lowest BCUT2D eigenvalue weighted by molar-refractivity contribution is -0.147. The van der Waals surface area contributed by atoms with Crippen molar-refractivity contribution in [2.75, 3.05) is 13.1 Å². The topological polar surface area (TPSA) is 66.6 Å². The number of aliphatic carboxylic acids is 1. The molecule has 6 rings (SSSR count). The third kappa shape index (κ3) is 4.51. The van der Waals surface area contributed by atoms with E-state index in [1.54, 1.807) is 0 Å². The lowest BCUT2D eigenvalue weighted by Gasteiger charge is -2.36. The maximum atomic E-state index is 14.3. The second-order valence-corrected chi connectivity index (χ2v) is 11.7. The monoisotopic (exact) mass is 526 g/mol. The average Bonchev–Trinajstić information content (AvgIpc) is 3.31. The number of rotatable bonds is 5. The molecule has 1 atom stereocenters. The third-order valence-corrected chi connectivity index (χ3v) is 8.96. The van der Waals surface area contributed by atoms with Crippen molar-refractivity contribution in [3.05, 3.63) is 63.9 Å². The second-order valence-electron chi connectivity index (χ2n) is 11.7. The van der Waals surface area contributed by atoms with Crippen LogP contribution in [0.1, 0.15) is 67.9 Å². The highest BCUT2D eigenvalue weighted by atomic mass is 19.4. The summed E-state index contributed by atoms with van der Waals surface area (Å²) in [7, 11) is 0. The number of benzene rings is 1. The normalized spacial score (nSPS) is 24.7. The second kappa shape index (κ2) is 9.40. The Bertz CT molecular complexity index is 1310. The van der Waals surface area contributed by atoms with Crippen molar-refractivity contribution in [1.29, 1.82) is 0 Å². The minimum Gasteiger partial charge on any atom is -0.481 e. The van der Waals surface area contributed by atoms with E-state index in [0.717, 1.165) is 66.5 Å². The van der Waals surface area contributed by atoms with E-state index in [1.807, 2.05) is 25.1 Å². The summed E-state index contributed by atoms with van der Waals surface area (Å²) in [4.78, 5) is 13.2. The van der Waals surface area contributed by atoms with Crippen LogP contribution in [0.5, 0.6) is 0 Å². The zero-order chi connectivity index (χ0) is 26.7. The molecule has 3 aliphatic carbocycles. The third-order valence-electron chi connectivity index (χ3n) is 8.96. The molecule has 4 aliphatic rings. The molecule has 202 valence electrons. The van der Waals surface area contributed by atoms with Crippen LogP contribution in [0.4, 0.5) is 13.2 Å². The van der Waals surface area contributed by atoms with Crippen LogP contribution in [0.3, 0.4) is 0 Å². The molecule has 1 aromatic heterocycles. The number of likely N-dealkylation sites (tertiary alicyclic amines) is 1. The number of allylic oxidation sites excluding steroid dienone is 4. The van der Waals surface area contributed by atoms with Crippen LogP contribution in [-0.2, 0) is 29.6 Å². The fraction of sp³-hybridized carbons (Fsp3) is 0.533. The van der Waals surface area contributed by atoms with E-state index in [-0.39, 0.29) is 11.8 Å². The van der Waals surface area contributed by atoms with Gasteiger partial charge >= 0.3 is 12.1 Å². The predicted octanol–water partition coefficient (Wildman–Crippen LogP) is 6.61. The lowest BCUT2D eigenvalue weighted by Crippen LogP contribution is -2.49. The number of halogens is 3. The molecular weight excluding hydrogens is 493 g/mol. The molecule has 0 radical (unpaired) electrons. The van der Waals surface area contributed by atoms with Crippen molar-refractivity contribution < 1.29 is 27.6 Å². The van der Waals surface area contributed by atoms with Gasteiger partial charge in [-0.1, -0.05) is 54.8 Å². The largest absolute Gasteiger partial charge is 0.481 e. The summed E-state index contributed by atoms with van der Waals surface area (Å²) < 4.78 is 48.8. The highest BCUT2D eigenvalue weighted by molar-refractivity contribution is 5.72. The number of aromatic nitrogens is 1. The van der Waals surface area contributed by atoms with Gasteiger partial charge in [-0.3, -0.25) is 9.69 Å². The number of hydrogen-bond acceptors (Lipinski definition) is 4. The van der Waals surface area contributed by atoms with Crippen molar-refractivity contribution in [3.63, 3.8) is 0 Å². The SMILES string of the molecule is CC1(c2onc3c2CCc2cc(CN4CC(C(=O)O)C4)ccc2-3)C=C(C(F)(F)F)C(C2CCCCC2)=CC1. The van der Waals surface area contributed by atoms with Gasteiger partial charge in [0.05, 0.1) is 16.9 Å². The Morgan fingerprint density at radius 3 is 2.66 bits per heavy atom. The summed E-state index contributed by atoms with van der Waals surface area (Å²) in [5, 5.41) is 13.5. The molecule has 0 spiro atoms. The van der Waals surface area contributed by atoms with Gasteiger partial charge in [-0.05, 0) is 61.6 Å². The van der Waals surface area contributed by atoms with Gasteiger partial charge in [0.25, 0.3) is 0 Å². The maximum Gasteiger partial charge on any atom is 0.416 e. The Morgan fingerprint density at radius 2 is 1.95 bits per heavy atom. The van der Waals surface area contributed by atoms with E-state index >= 15 is 0 Å². The smallest absolute Gasteiger partial charge is 0.416 e. The standard InChI is InChI=1S/C30H33F3N2O3/c1-29(12-11-22(19-5-3-2-4-6-19)25(14-29)30(31,32)33)27-24-10-8-20-13-18(7-9-23(20)26(24)34-38-27)15-35-16-21(17-35)28(36)37/h7,9,11,13-14,19,21H,2-6,8,10,12,15-17H2,1H3,(H,36,37). The number of nitrogens with zero attached hydrogens (tertiary/aromatic N) is 2.